The number of anilines is 2. The van der Waals surface area contributed by atoms with Crippen LogP contribution in [0.4, 0.5) is 11.5 Å². The van der Waals surface area contributed by atoms with E-state index in [1.807, 2.05) is 6.92 Å². The van der Waals surface area contributed by atoms with E-state index < -0.39 is 5.91 Å². The molecule has 0 bridgehead atoms. The highest BCUT2D eigenvalue weighted by Crippen LogP contribution is 2.45. The summed E-state index contributed by atoms with van der Waals surface area (Å²) in [5, 5.41) is 6.01. The Hall–Kier alpha value is -2.11. The molecule has 5 nitrogen and oxygen atoms in total. The molecule has 2 N–H and O–H groups in total. The lowest BCUT2D eigenvalue weighted by Gasteiger charge is -2.11. The quantitative estimate of drug-likeness (QED) is 0.846. The molecule has 0 atom stereocenters. The minimum atomic E-state index is -0.428. The van der Waals surface area contributed by atoms with Crippen LogP contribution < -0.4 is 10.6 Å². The fourth-order valence-corrected chi connectivity index (χ4v) is 2.74. The van der Waals surface area contributed by atoms with Crippen LogP contribution in [0.15, 0.2) is 36.5 Å². The molecule has 24 heavy (non-hydrogen) atoms. The van der Waals surface area contributed by atoms with Gasteiger partial charge in [0.25, 0.3) is 5.91 Å². The van der Waals surface area contributed by atoms with Crippen molar-refractivity contribution in [1.82, 2.24) is 4.98 Å². The van der Waals surface area contributed by atoms with Crippen LogP contribution in [0.25, 0.3) is 0 Å². The molecule has 0 saturated heterocycles. The molecule has 7 heteroatoms. The molecular weight excluding hydrogens is 349 g/mol. The minimum Gasteiger partial charge on any atom is -0.322 e. The number of amides is 2. The maximum Gasteiger partial charge on any atom is 0.258 e. The van der Waals surface area contributed by atoms with Crippen molar-refractivity contribution in [1.29, 1.82) is 0 Å². The van der Waals surface area contributed by atoms with Gasteiger partial charge in [0.2, 0.25) is 5.91 Å². The molecule has 1 aromatic heterocycles. The molecule has 2 aromatic rings. The molecule has 1 aromatic carbocycles. The number of nitrogens with zero attached hydrogens (tertiary/aromatic N) is 1. The molecule has 1 aliphatic rings. The minimum absolute atomic E-state index is 0.0624. The number of carbonyl (C=O) groups excluding carboxylic acids is 2. The van der Waals surface area contributed by atoms with Crippen molar-refractivity contribution in [2.75, 3.05) is 10.6 Å². The molecule has 1 heterocycles. The first-order valence-corrected chi connectivity index (χ1v) is 8.17. The highest BCUT2D eigenvalue weighted by Gasteiger charge is 2.44. The van der Waals surface area contributed by atoms with Gasteiger partial charge in [0, 0.05) is 23.4 Å². The molecule has 0 unspecified atom stereocenters. The third-order valence-electron chi connectivity index (χ3n) is 4.00. The Morgan fingerprint density at radius 3 is 2.42 bits per heavy atom. The van der Waals surface area contributed by atoms with Crippen LogP contribution in [-0.4, -0.2) is 16.8 Å². The molecule has 2 amide bonds. The average Bonchev–Trinajstić information content (AvgIpc) is 3.26. The van der Waals surface area contributed by atoms with Crippen molar-refractivity contribution < 1.29 is 9.59 Å². The van der Waals surface area contributed by atoms with Crippen molar-refractivity contribution in [3.8, 4) is 0 Å². The fraction of sp³-hybridized carbons (Fsp3) is 0.235. The zero-order valence-electron chi connectivity index (χ0n) is 12.9. The van der Waals surface area contributed by atoms with E-state index in [0.717, 1.165) is 12.8 Å². The number of carbonyl (C=O) groups is 2. The highest BCUT2D eigenvalue weighted by atomic mass is 35.5. The summed E-state index contributed by atoms with van der Waals surface area (Å²) in [6.07, 6.45) is 3.26. The van der Waals surface area contributed by atoms with E-state index in [1.165, 1.54) is 6.20 Å². The smallest absolute Gasteiger partial charge is 0.258 e. The third kappa shape index (κ3) is 3.52. The molecule has 1 fully saturated rings. The number of rotatable bonds is 4. The Bertz CT molecular complexity index is 799. The van der Waals surface area contributed by atoms with Crippen LogP contribution in [0.1, 0.15) is 30.1 Å². The number of hydrogen-bond acceptors (Lipinski definition) is 3. The second-order valence-electron chi connectivity index (χ2n) is 6.00. The van der Waals surface area contributed by atoms with Gasteiger partial charge in [0.15, 0.2) is 0 Å². The number of halogens is 2. The lowest BCUT2D eigenvalue weighted by molar-refractivity contribution is -0.120. The van der Waals surface area contributed by atoms with Gasteiger partial charge in [-0.2, -0.15) is 0 Å². The molecule has 1 saturated carbocycles. The highest BCUT2D eigenvalue weighted by molar-refractivity contribution is 6.40. The number of hydrogen-bond donors (Lipinski definition) is 2. The largest absolute Gasteiger partial charge is 0.322 e. The number of pyridine rings is 1. The Balaban J connectivity index is 1.75. The first-order chi connectivity index (χ1) is 11.4. The second kappa shape index (κ2) is 6.42. The predicted molar refractivity (Wildman–Crippen MR) is 94.6 cm³/mol. The standard InChI is InChI=1S/C17H15Cl2N3O2/c1-17(6-7-17)16(24)22-13-9-10(5-8-20-13)21-15(23)14-11(18)3-2-4-12(14)19/h2-5,8-9H,6-7H2,1H3,(H2,20,21,22,23,24). The first-order valence-electron chi connectivity index (χ1n) is 7.42. The van der Waals surface area contributed by atoms with E-state index >= 15 is 0 Å². The summed E-state index contributed by atoms with van der Waals surface area (Å²) in [6, 6.07) is 8.07. The summed E-state index contributed by atoms with van der Waals surface area (Å²) in [4.78, 5) is 28.5. The summed E-state index contributed by atoms with van der Waals surface area (Å²) >= 11 is 12.1. The Kier molecular flexibility index (Phi) is 4.47. The molecule has 3 rings (SSSR count). The fourth-order valence-electron chi connectivity index (χ4n) is 2.17. The predicted octanol–water partition coefficient (Wildman–Crippen LogP) is 4.38. The van der Waals surface area contributed by atoms with Crippen LogP contribution in [-0.2, 0) is 4.79 Å². The molecule has 1 aliphatic carbocycles. The van der Waals surface area contributed by atoms with Gasteiger partial charge in [-0.25, -0.2) is 4.98 Å². The van der Waals surface area contributed by atoms with Crippen molar-refractivity contribution in [3.05, 3.63) is 52.1 Å². The lowest BCUT2D eigenvalue weighted by atomic mass is 10.1. The van der Waals surface area contributed by atoms with Gasteiger partial charge in [0.05, 0.1) is 15.6 Å². The van der Waals surface area contributed by atoms with Crippen LogP contribution in [0, 0.1) is 5.41 Å². The normalized spacial score (nSPS) is 14.8. The van der Waals surface area contributed by atoms with Crippen LogP contribution in [0.2, 0.25) is 10.0 Å². The van der Waals surface area contributed by atoms with E-state index in [9.17, 15) is 9.59 Å². The van der Waals surface area contributed by atoms with Gasteiger partial charge in [-0.3, -0.25) is 9.59 Å². The van der Waals surface area contributed by atoms with E-state index in [1.54, 1.807) is 30.3 Å². The van der Waals surface area contributed by atoms with E-state index in [2.05, 4.69) is 15.6 Å². The van der Waals surface area contributed by atoms with Crippen molar-refractivity contribution >= 4 is 46.5 Å². The molecule has 0 spiro atoms. The SMILES string of the molecule is CC1(C(=O)Nc2cc(NC(=O)c3c(Cl)cccc3Cl)ccn2)CC1. The lowest BCUT2D eigenvalue weighted by Crippen LogP contribution is -2.22. The van der Waals surface area contributed by atoms with Gasteiger partial charge < -0.3 is 10.6 Å². The Morgan fingerprint density at radius 2 is 1.79 bits per heavy atom. The number of aromatic nitrogens is 1. The average molecular weight is 364 g/mol. The first kappa shape index (κ1) is 16.7. The van der Waals surface area contributed by atoms with Gasteiger partial charge in [0.1, 0.15) is 5.82 Å². The Morgan fingerprint density at radius 1 is 1.12 bits per heavy atom. The van der Waals surface area contributed by atoms with Gasteiger partial charge in [-0.05, 0) is 31.0 Å². The third-order valence-corrected chi connectivity index (χ3v) is 4.63. The molecule has 124 valence electrons. The van der Waals surface area contributed by atoms with E-state index in [-0.39, 0.29) is 26.9 Å². The second-order valence-corrected chi connectivity index (χ2v) is 6.81. The zero-order chi connectivity index (χ0) is 17.3. The summed E-state index contributed by atoms with van der Waals surface area (Å²) in [5.74, 6) is -0.105. The van der Waals surface area contributed by atoms with Crippen LogP contribution in [0.5, 0.6) is 0 Å². The van der Waals surface area contributed by atoms with Gasteiger partial charge in [-0.1, -0.05) is 36.2 Å². The Labute approximate surface area is 149 Å². The molecule has 0 aliphatic heterocycles. The monoisotopic (exact) mass is 363 g/mol. The number of benzene rings is 1. The van der Waals surface area contributed by atoms with Gasteiger partial charge >= 0.3 is 0 Å². The van der Waals surface area contributed by atoms with Crippen LogP contribution in [0.3, 0.4) is 0 Å². The van der Waals surface area contributed by atoms with E-state index in [4.69, 9.17) is 23.2 Å². The van der Waals surface area contributed by atoms with Crippen molar-refractivity contribution in [3.63, 3.8) is 0 Å². The maximum absolute atomic E-state index is 12.4. The number of nitrogens with one attached hydrogen (secondary N) is 2. The zero-order valence-corrected chi connectivity index (χ0v) is 14.4. The summed E-state index contributed by atoms with van der Waals surface area (Å²) < 4.78 is 0. The summed E-state index contributed by atoms with van der Waals surface area (Å²) in [7, 11) is 0. The van der Waals surface area contributed by atoms with Gasteiger partial charge in [-0.15, -0.1) is 0 Å². The summed E-state index contributed by atoms with van der Waals surface area (Å²) in [5.41, 5.74) is 0.391. The maximum atomic E-state index is 12.4. The molecule has 0 radical (unpaired) electrons. The van der Waals surface area contributed by atoms with Crippen molar-refractivity contribution in [2.45, 2.75) is 19.8 Å². The molecular formula is C17H15Cl2N3O2. The topological polar surface area (TPSA) is 71.1 Å². The van der Waals surface area contributed by atoms with Crippen LogP contribution >= 0.6 is 23.2 Å². The van der Waals surface area contributed by atoms with Crippen molar-refractivity contribution in [2.24, 2.45) is 5.41 Å². The van der Waals surface area contributed by atoms with E-state index in [0.29, 0.717) is 11.5 Å². The summed E-state index contributed by atoms with van der Waals surface area (Å²) in [6.45, 7) is 1.91.